The summed E-state index contributed by atoms with van der Waals surface area (Å²) in [6.07, 6.45) is -2.42. The van der Waals surface area contributed by atoms with Gasteiger partial charge in [-0.1, -0.05) is 0 Å². The number of amides is 3. The van der Waals surface area contributed by atoms with Gasteiger partial charge < -0.3 is 20.1 Å². The molecule has 0 radical (unpaired) electrons. The Bertz CT molecular complexity index is 1180. The molecule has 1 unspecified atom stereocenters. The predicted molar refractivity (Wildman–Crippen MR) is 119 cm³/mol. The van der Waals surface area contributed by atoms with Crippen LogP contribution in [0.15, 0.2) is 33.7 Å². The zero-order valence-electron chi connectivity index (χ0n) is 17.6. The van der Waals surface area contributed by atoms with Crippen molar-refractivity contribution >= 4 is 45.1 Å². The SMILES string of the molecule is CC(NC(=O)c1ccc2c(n1)N(C(=O)Nc1cc(Br)cn(C)c1=O)[C@H]1CCN2C1)C(F)(F)F. The Hall–Kier alpha value is -3.09. The van der Waals surface area contributed by atoms with Gasteiger partial charge in [-0.3, -0.25) is 14.5 Å². The summed E-state index contributed by atoms with van der Waals surface area (Å²) in [5.74, 6) is -0.850. The van der Waals surface area contributed by atoms with E-state index in [9.17, 15) is 27.6 Å². The smallest absolute Gasteiger partial charge is 0.366 e. The highest BCUT2D eigenvalue weighted by Crippen LogP contribution is 2.39. The number of fused-ring (bicyclic) bond motifs is 4. The first kappa shape index (κ1) is 23.1. The summed E-state index contributed by atoms with van der Waals surface area (Å²) in [6, 6.07) is 1.42. The van der Waals surface area contributed by atoms with Crippen LogP contribution < -0.4 is 26.0 Å². The molecule has 4 heterocycles. The minimum atomic E-state index is -4.60. The van der Waals surface area contributed by atoms with Crippen molar-refractivity contribution in [1.82, 2.24) is 14.9 Å². The number of alkyl halides is 3. The van der Waals surface area contributed by atoms with E-state index in [4.69, 9.17) is 0 Å². The molecule has 13 heteroatoms. The second-order valence-electron chi connectivity index (χ2n) is 7.95. The predicted octanol–water partition coefficient (Wildman–Crippen LogP) is 2.85. The molecule has 0 aromatic carbocycles. The lowest BCUT2D eigenvalue weighted by Crippen LogP contribution is -2.49. The first-order chi connectivity index (χ1) is 15.5. The number of carbonyl (C=O) groups excluding carboxylic acids is 2. The van der Waals surface area contributed by atoms with Crippen molar-refractivity contribution in [2.24, 2.45) is 7.05 Å². The number of hydrogen-bond donors (Lipinski definition) is 2. The fraction of sp³-hybridized carbons (Fsp3) is 0.400. The molecule has 1 fully saturated rings. The van der Waals surface area contributed by atoms with Gasteiger partial charge in [-0.05, 0) is 47.5 Å². The van der Waals surface area contributed by atoms with Crippen molar-refractivity contribution in [3.63, 3.8) is 0 Å². The number of rotatable bonds is 3. The monoisotopic (exact) mass is 528 g/mol. The van der Waals surface area contributed by atoms with Crippen LogP contribution in [-0.4, -0.2) is 52.8 Å². The Kier molecular flexibility index (Phi) is 5.85. The molecule has 0 aliphatic carbocycles. The largest absolute Gasteiger partial charge is 0.408 e. The number of carbonyl (C=O) groups is 2. The van der Waals surface area contributed by atoms with Crippen LogP contribution in [-0.2, 0) is 7.05 Å². The molecule has 3 amide bonds. The fourth-order valence-corrected chi connectivity index (χ4v) is 4.42. The van der Waals surface area contributed by atoms with E-state index in [0.29, 0.717) is 29.7 Å². The summed E-state index contributed by atoms with van der Waals surface area (Å²) in [5.41, 5.74) is -0.0317. The van der Waals surface area contributed by atoms with Crippen molar-refractivity contribution in [3.05, 3.63) is 44.9 Å². The molecule has 2 aliphatic heterocycles. The number of hydrogen-bond acceptors (Lipinski definition) is 5. The molecule has 2 aromatic heterocycles. The first-order valence-corrected chi connectivity index (χ1v) is 10.8. The third kappa shape index (κ3) is 4.41. The van der Waals surface area contributed by atoms with Crippen LogP contribution in [0.25, 0.3) is 0 Å². The van der Waals surface area contributed by atoms with E-state index >= 15 is 0 Å². The van der Waals surface area contributed by atoms with Crippen LogP contribution in [0.4, 0.5) is 35.2 Å². The van der Waals surface area contributed by atoms with E-state index in [1.165, 1.54) is 21.6 Å². The highest BCUT2D eigenvalue weighted by molar-refractivity contribution is 9.10. The molecule has 1 saturated heterocycles. The average Bonchev–Trinajstić information content (AvgIpc) is 3.14. The third-order valence-electron chi connectivity index (χ3n) is 5.63. The highest BCUT2D eigenvalue weighted by Gasteiger charge is 2.41. The zero-order chi connectivity index (χ0) is 24.1. The Morgan fingerprint density at radius 3 is 2.73 bits per heavy atom. The van der Waals surface area contributed by atoms with Gasteiger partial charge in [-0.2, -0.15) is 13.2 Å². The number of nitrogens with zero attached hydrogens (tertiary/aromatic N) is 4. The lowest BCUT2D eigenvalue weighted by atomic mass is 10.1. The molecule has 33 heavy (non-hydrogen) atoms. The molecule has 2 atom stereocenters. The maximum Gasteiger partial charge on any atom is 0.408 e. The third-order valence-corrected chi connectivity index (χ3v) is 6.07. The lowest BCUT2D eigenvalue weighted by Gasteiger charge is -2.35. The Balaban J connectivity index is 1.66. The van der Waals surface area contributed by atoms with E-state index in [2.05, 4.69) is 26.2 Å². The Labute approximate surface area is 194 Å². The van der Waals surface area contributed by atoms with Gasteiger partial charge in [0.15, 0.2) is 5.82 Å². The number of aromatic nitrogens is 2. The number of aryl methyl sites for hydroxylation is 1. The number of pyridine rings is 2. The molecule has 4 rings (SSSR count). The fourth-order valence-electron chi connectivity index (χ4n) is 3.89. The summed E-state index contributed by atoms with van der Waals surface area (Å²) in [7, 11) is 1.54. The molecule has 2 aromatic rings. The molecule has 2 aliphatic rings. The molecular formula is C20H20BrF3N6O3. The Morgan fingerprint density at radius 1 is 1.30 bits per heavy atom. The van der Waals surface area contributed by atoms with Crippen LogP contribution in [0, 0.1) is 0 Å². The number of urea groups is 1. The van der Waals surface area contributed by atoms with Crippen molar-refractivity contribution in [2.45, 2.75) is 31.6 Å². The summed E-state index contributed by atoms with van der Waals surface area (Å²) in [5, 5.41) is 4.48. The molecule has 0 spiro atoms. The van der Waals surface area contributed by atoms with Gasteiger partial charge in [0.25, 0.3) is 11.5 Å². The maximum atomic E-state index is 13.2. The second kappa shape index (κ2) is 8.36. The average molecular weight is 529 g/mol. The minimum absolute atomic E-state index is 0.0479. The number of halogens is 4. The number of anilines is 3. The van der Waals surface area contributed by atoms with Gasteiger partial charge in [0, 0.05) is 30.8 Å². The normalized spacial score (nSPS) is 18.1. The maximum absolute atomic E-state index is 13.2. The summed E-state index contributed by atoms with van der Waals surface area (Å²) >= 11 is 3.28. The van der Waals surface area contributed by atoms with Crippen molar-refractivity contribution in [3.8, 4) is 0 Å². The summed E-state index contributed by atoms with van der Waals surface area (Å²) in [4.78, 5) is 45.6. The van der Waals surface area contributed by atoms with E-state index in [1.807, 2.05) is 10.2 Å². The van der Waals surface area contributed by atoms with Crippen LogP contribution in [0.2, 0.25) is 0 Å². The van der Waals surface area contributed by atoms with Gasteiger partial charge in [-0.15, -0.1) is 0 Å². The van der Waals surface area contributed by atoms with Gasteiger partial charge in [0.1, 0.15) is 17.4 Å². The lowest BCUT2D eigenvalue weighted by molar-refractivity contribution is -0.149. The van der Waals surface area contributed by atoms with Crippen molar-refractivity contribution in [2.75, 3.05) is 28.2 Å². The van der Waals surface area contributed by atoms with Gasteiger partial charge in [0.2, 0.25) is 0 Å². The van der Waals surface area contributed by atoms with E-state index in [0.717, 1.165) is 6.92 Å². The molecule has 9 nitrogen and oxygen atoms in total. The molecule has 2 N–H and O–H groups in total. The van der Waals surface area contributed by atoms with Crippen molar-refractivity contribution < 1.29 is 22.8 Å². The minimum Gasteiger partial charge on any atom is -0.366 e. The van der Waals surface area contributed by atoms with E-state index in [1.54, 1.807) is 19.3 Å². The topological polar surface area (TPSA) is 99.6 Å². The van der Waals surface area contributed by atoms with Crippen LogP contribution in [0.1, 0.15) is 23.8 Å². The zero-order valence-corrected chi connectivity index (χ0v) is 19.2. The van der Waals surface area contributed by atoms with Crippen molar-refractivity contribution in [1.29, 1.82) is 0 Å². The quantitative estimate of drug-likeness (QED) is 0.638. The van der Waals surface area contributed by atoms with E-state index in [-0.39, 0.29) is 23.2 Å². The molecule has 0 saturated carbocycles. The Morgan fingerprint density at radius 2 is 2.03 bits per heavy atom. The summed E-state index contributed by atoms with van der Waals surface area (Å²) < 4.78 is 40.4. The second-order valence-corrected chi connectivity index (χ2v) is 8.87. The van der Waals surface area contributed by atoms with Crippen LogP contribution in [0.5, 0.6) is 0 Å². The number of nitrogens with one attached hydrogen (secondary N) is 2. The van der Waals surface area contributed by atoms with Gasteiger partial charge in [-0.25, -0.2) is 9.78 Å². The van der Waals surface area contributed by atoms with Gasteiger partial charge in [0.05, 0.1) is 11.7 Å². The first-order valence-electron chi connectivity index (χ1n) is 10.1. The van der Waals surface area contributed by atoms with Crippen LogP contribution >= 0.6 is 15.9 Å². The van der Waals surface area contributed by atoms with Crippen LogP contribution in [0.3, 0.4) is 0 Å². The van der Waals surface area contributed by atoms with E-state index < -0.39 is 29.7 Å². The molecule has 176 valence electrons. The van der Waals surface area contributed by atoms with Gasteiger partial charge >= 0.3 is 12.2 Å². The summed E-state index contributed by atoms with van der Waals surface area (Å²) in [6.45, 7) is 2.02. The standard InChI is InChI=1S/C20H20BrF3N6O3/c1-10(20(22,23)24)25-17(31)13-3-4-15-16(26-13)30(12-5-6-29(15)9-12)19(33)27-14-7-11(21)8-28(2)18(14)32/h3-4,7-8,10,12H,5-6,9H2,1-2H3,(H,25,31)(H,27,33)/t10?,12-/m0/s1. The molecular weight excluding hydrogens is 509 g/mol. The molecule has 2 bridgehead atoms. The highest BCUT2D eigenvalue weighted by atomic mass is 79.9.